The zero-order chi connectivity index (χ0) is 19.8. The molecule has 0 saturated carbocycles. The molecule has 27 heavy (non-hydrogen) atoms. The van der Waals surface area contributed by atoms with Gasteiger partial charge in [-0.15, -0.1) is 0 Å². The summed E-state index contributed by atoms with van der Waals surface area (Å²) < 4.78 is 5.07. The molecule has 2 N–H and O–H groups in total. The van der Waals surface area contributed by atoms with Gasteiger partial charge in [-0.3, -0.25) is 9.59 Å². The summed E-state index contributed by atoms with van der Waals surface area (Å²) in [5, 5.41) is 7.41. The van der Waals surface area contributed by atoms with Crippen LogP contribution in [0.2, 0.25) is 10.0 Å². The molecular weight excluding hydrogens is 389 g/mol. The van der Waals surface area contributed by atoms with Gasteiger partial charge in [0.05, 0.1) is 30.0 Å². The first kappa shape index (κ1) is 20.7. The van der Waals surface area contributed by atoms with Crippen LogP contribution in [0, 0.1) is 0 Å². The van der Waals surface area contributed by atoms with E-state index in [-0.39, 0.29) is 24.7 Å². The number of nitrogens with one attached hydrogen (secondary N) is 2. The third kappa shape index (κ3) is 6.92. The molecule has 0 atom stereocenters. The fourth-order valence-electron chi connectivity index (χ4n) is 2.18. The van der Waals surface area contributed by atoms with E-state index in [9.17, 15) is 9.59 Å². The van der Waals surface area contributed by atoms with Gasteiger partial charge in [0, 0.05) is 11.4 Å². The number of benzene rings is 2. The molecule has 0 aromatic heterocycles. The standard InChI is InChI=1S/C19H19Cl2N3O3/c1-12(9-18(25)22-14-5-8-16(20)17(21)11-14)23-24-19(26)10-13-3-6-15(27-2)7-4-13/h3-8,11H,9-10H2,1-2H3,(H,22,25)(H,24,26)/b23-12-. The summed E-state index contributed by atoms with van der Waals surface area (Å²) in [7, 11) is 1.58. The maximum Gasteiger partial charge on any atom is 0.244 e. The van der Waals surface area contributed by atoms with Gasteiger partial charge in [-0.1, -0.05) is 35.3 Å². The van der Waals surface area contributed by atoms with Crippen LogP contribution in [0.5, 0.6) is 5.75 Å². The Labute approximate surface area is 167 Å². The number of ether oxygens (including phenoxy) is 1. The average Bonchev–Trinajstić information content (AvgIpc) is 2.63. The molecule has 0 aliphatic carbocycles. The second-order valence-corrected chi connectivity index (χ2v) is 6.58. The maximum absolute atomic E-state index is 12.0. The van der Waals surface area contributed by atoms with Crippen LogP contribution < -0.4 is 15.5 Å². The maximum atomic E-state index is 12.0. The molecule has 6 nitrogen and oxygen atoms in total. The quantitative estimate of drug-likeness (QED) is 0.536. The van der Waals surface area contributed by atoms with E-state index in [2.05, 4.69) is 15.8 Å². The van der Waals surface area contributed by atoms with Crippen LogP contribution in [0.25, 0.3) is 0 Å². The zero-order valence-electron chi connectivity index (χ0n) is 14.9. The zero-order valence-corrected chi connectivity index (χ0v) is 16.4. The molecule has 0 fully saturated rings. The Balaban J connectivity index is 1.82. The van der Waals surface area contributed by atoms with Crippen molar-refractivity contribution in [1.29, 1.82) is 0 Å². The highest BCUT2D eigenvalue weighted by Crippen LogP contribution is 2.25. The summed E-state index contributed by atoms with van der Waals surface area (Å²) >= 11 is 11.7. The SMILES string of the molecule is COc1ccc(CC(=O)N/N=C(/C)CC(=O)Nc2ccc(Cl)c(Cl)c2)cc1. The molecule has 0 bridgehead atoms. The van der Waals surface area contributed by atoms with Gasteiger partial charge in [-0.05, 0) is 42.8 Å². The molecule has 2 amide bonds. The smallest absolute Gasteiger partial charge is 0.244 e. The van der Waals surface area contributed by atoms with Gasteiger partial charge in [0.15, 0.2) is 0 Å². The number of carbonyl (C=O) groups is 2. The highest BCUT2D eigenvalue weighted by atomic mass is 35.5. The number of anilines is 1. The summed E-state index contributed by atoms with van der Waals surface area (Å²) in [6.45, 7) is 1.65. The van der Waals surface area contributed by atoms with Crippen molar-refractivity contribution in [3.8, 4) is 5.75 Å². The Morgan fingerprint density at radius 3 is 2.37 bits per heavy atom. The molecule has 0 spiro atoms. The molecular formula is C19H19Cl2N3O3. The second kappa shape index (κ2) is 9.94. The van der Waals surface area contributed by atoms with Crippen LogP contribution in [0.4, 0.5) is 5.69 Å². The lowest BCUT2D eigenvalue weighted by molar-refractivity contribution is -0.120. The number of hydrogen-bond acceptors (Lipinski definition) is 4. The van der Waals surface area contributed by atoms with Gasteiger partial charge in [0.25, 0.3) is 0 Å². The van der Waals surface area contributed by atoms with Crippen molar-refractivity contribution in [3.63, 3.8) is 0 Å². The predicted octanol–water partition coefficient (Wildman–Crippen LogP) is 4.07. The van der Waals surface area contributed by atoms with E-state index in [4.69, 9.17) is 27.9 Å². The molecule has 8 heteroatoms. The van der Waals surface area contributed by atoms with Crippen LogP contribution in [0.15, 0.2) is 47.6 Å². The fraction of sp³-hybridized carbons (Fsp3) is 0.211. The highest BCUT2D eigenvalue weighted by molar-refractivity contribution is 6.42. The normalized spacial score (nSPS) is 11.0. The Morgan fingerprint density at radius 1 is 1.04 bits per heavy atom. The lowest BCUT2D eigenvalue weighted by Gasteiger charge is -2.07. The number of nitrogens with zero attached hydrogens (tertiary/aromatic N) is 1. The van der Waals surface area contributed by atoms with E-state index < -0.39 is 0 Å². The molecule has 0 saturated heterocycles. The molecule has 142 valence electrons. The van der Waals surface area contributed by atoms with Gasteiger partial charge >= 0.3 is 0 Å². The molecule has 0 aliphatic heterocycles. The summed E-state index contributed by atoms with van der Waals surface area (Å²) in [6, 6.07) is 12.0. The number of amides is 2. The molecule has 0 unspecified atom stereocenters. The van der Waals surface area contributed by atoms with E-state index in [1.165, 1.54) is 0 Å². The first-order valence-corrected chi connectivity index (χ1v) is 8.83. The van der Waals surface area contributed by atoms with Gasteiger partial charge in [0.2, 0.25) is 11.8 Å². The monoisotopic (exact) mass is 407 g/mol. The molecule has 0 heterocycles. The van der Waals surface area contributed by atoms with E-state index in [0.29, 0.717) is 21.4 Å². The van der Waals surface area contributed by atoms with Crippen LogP contribution in [0.3, 0.4) is 0 Å². The number of carbonyl (C=O) groups excluding carboxylic acids is 2. The highest BCUT2D eigenvalue weighted by Gasteiger charge is 2.08. The van der Waals surface area contributed by atoms with Gasteiger partial charge < -0.3 is 10.1 Å². The van der Waals surface area contributed by atoms with Crippen molar-refractivity contribution in [2.24, 2.45) is 5.10 Å². The molecule has 2 aromatic rings. The fourth-order valence-corrected chi connectivity index (χ4v) is 2.48. The van der Waals surface area contributed by atoms with E-state index in [1.54, 1.807) is 56.5 Å². The Morgan fingerprint density at radius 2 is 1.74 bits per heavy atom. The first-order chi connectivity index (χ1) is 12.9. The predicted molar refractivity (Wildman–Crippen MR) is 108 cm³/mol. The first-order valence-electron chi connectivity index (χ1n) is 8.07. The number of hydrogen-bond donors (Lipinski definition) is 2. The molecule has 2 rings (SSSR count). The molecule has 2 aromatic carbocycles. The minimum Gasteiger partial charge on any atom is -0.497 e. The van der Waals surface area contributed by atoms with Crippen LogP contribution in [-0.2, 0) is 16.0 Å². The van der Waals surface area contributed by atoms with Gasteiger partial charge in [0.1, 0.15) is 5.75 Å². The molecule has 0 aliphatic rings. The topological polar surface area (TPSA) is 79.8 Å². The average molecular weight is 408 g/mol. The van der Waals surface area contributed by atoms with E-state index in [0.717, 1.165) is 11.3 Å². The second-order valence-electron chi connectivity index (χ2n) is 5.76. The van der Waals surface area contributed by atoms with E-state index >= 15 is 0 Å². The Hall–Kier alpha value is -2.57. The third-order valence-corrected chi connectivity index (χ3v) is 4.25. The van der Waals surface area contributed by atoms with Gasteiger partial charge in [-0.2, -0.15) is 5.10 Å². The van der Waals surface area contributed by atoms with Crippen molar-refractivity contribution in [1.82, 2.24) is 5.43 Å². The van der Waals surface area contributed by atoms with Crippen LogP contribution >= 0.6 is 23.2 Å². The summed E-state index contributed by atoms with van der Waals surface area (Å²) in [4.78, 5) is 24.0. The van der Waals surface area contributed by atoms with Crippen LogP contribution in [-0.4, -0.2) is 24.6 Å². The van der Waals surface area contributed by atoms with E-state index in [1.807, 2.05) is 0 Å². The van der Waals surface area contributed by atoms with Crippen molar-refractivity contribution in [2.45, 2.75) is 19.8 Å². The van der Waals surface area contributed by atoms with Crippen LogP contribution in [0.1, 0.15) is 18.9 Å². The Kier molecular flexibility index (Phi) is 7.64. The van der Waals surface area contributed by atoms with Crippen molar-refractivity contribution < 1.29 is 14.3 Å². The van der Waals surface area contributed by atoms with Crippen molar-refractivity contribution >= 4 is 46.4 Å². The van der Waals surface area contributed by atoms with Crippen molar-refractivity contribution in [2.75, 3.05) is 12.4 Å². The van der Waals surface area contributed by atoms with Crippen molar-refractivity contribution in [3.05, 3.63) is 58.1 Å². The summed E-state index contributed by atoms with van der Waals surface area (Å²) in [5.41, 5.74) is 4.28. The minimum absolute atomic E-state index is 0.0308. The number of methoxy groups -OCH3 is 1. The summed E-state index contributed by atoms with van der Waals surface area (Å²) in [6.07, 6.45) is 0.208. The lowest BCUT2D eigenvalue weighted by atomic mass is 10.1. The number of rotatable bonds is 7. The number of hydrazone groups is 1. The number of halogens is 2. The molecule has 0 radical (unpaired) electrons. The minimum atomic E-state index is -0.279. The third-order valence-electron chi connectivity index (χ3n) is 3.51. The largest absolute Gasteiger partial charge is 0.497 e. The Bertz CT molecular complexity index is 852. The van der Waals surface area contributed by atoms with Gasteiger partial charge in [-0.25, -0.2) is 5.43 Å². The summed E-state index contributed by atoms with van der Waals surface area (Å²) in [5.74, 6) is 0.171. The lowest BCUT2D eigenvalue weighted by Crippen LogP contribution is -2.22.